The standard InChI is InChI=1S/C34H48F2N4O5S/c1-4-8-27(9-5-2)46(45)21-30(40-33(43)28-12-13-32(42)38-28)34(44)39-29(17-24-15-25(35)18-26(36)16-24)31(41)20-37-19-23-11-7-10-22(6-3)14-23/h7,10-11,14-16,18,27-31,37,41H,4-6,8-9,12-13,17,19-21H2,1-3H3,(H,38,42)(H,39,44)(H,40,43)/t28-,29+,30?,31-,46?/m1/s1. The van der Waals surface area contributed by atoms with Gasteiger partial charge in [-0.05, 0) is 60.9 Å². The Bertz CT molecular complexity index is 1320. The highest BCUT2D eigenvalue weighted by molar-refractivity contribution is 7.85. The molecule has 0 bridgehead atoms. The number of carbonyl (C=O) groups excluding carboxylic acids is 3. The van der Waals surface area contributed by atoms with Gasteiger partial charge in [-0.1, -0.05) is 57.9 Å². The summed E-state index contributed by atoms with van der Waals surface area (Å²) in [5.41, 5.74) is 2.40. The Morgan fingerprint density at radius 2 is 1.67 bits per heavy atom. The fraction of sp³-hybridized carbons (Fsp3) is 0.559. The molecule has 12 heteroatoms. The van der Waals surface area contributed by atoms with E-state index in [1.54, 1.807) is 0 Å². The van der Waals surface area contributed by atoms with Gasteiger partial charge in [0.15, 0.2) is 0 Å². The quantitative estimate of drug-likeness (QED) is 0.157. The van der Waals surface area contributed by atoms with Crippen molar-refractivity contribution in [3.63, 3.8) is 0 Å². The van der Waals surface area contributed by atoms with Crippen LogP contribution in [-0.2, 0) is 44.6 Å². The molecule has 1 heterocycles. The molecule has 9 nitrogen and oxygen atoms in total. The number of hydrogen-bond acceptors (Lipinski definition) is 6. The first kappa shape index (κ1) is 37.2. The van der Waals surface area contributed by atoms with Crippen molar-refractivity contribution in [1.82, 2.24) is 21.3 Å². The number of nitrogens with one attached hydrogen (secondary N) is 4. The highest BCUT2D eigenvalue weighted by Crippen LogP contribution is 2.16. The van der Waals surface area contributed by atoms with Crippen LogP contribution in [0.4, 0.5) is 8.78 Å². The van der Waals surface area contributed by atoms with Crippen LogP contribution in [0, 0.1) is 11.6 Å². The van der Waals surface area contributed by atoms with Crippen LogP contribution in [0.1, 0.15) is 76.0 Å². The third-order valence-electron chi connectivity index (χ3n) is 8.12. The Balaban J connectivity index is 1.81. The Morgan fingerprint density at radius 1 is 1.00 bits per heavy atom. The third kappa shape index (κ3) is 11.9. The molecule has 2 aromatic rings. The van der Waals surface area contributed by atoms with E-state index in [-0.39, 0.29) is 48.3 Å². The molecular weight excluding hydrogens is 614 g/mol. The molecule has 1 aliphatic rings. The summed E-state index contributed by atoms with van der Waals surface area (Å²) in [5, 5.41) is 22.3. The summed E-state index contributed by atoms with van der Waals surface area (Å²) in [5.74, 6) is -3.26. The first-order valence-corrected chi connectivity index (χ1v) is 17.6. The molecule has 5 atom stereocenters. The molecule has 0 spiro atoms. The monoisotopic (exact) mass is 662 g/mol. The average molecular weight is 663 g/mol. The molecule has 0 aliphatic carbocycles. The number of carbonyl (C=O) groups is 3. The lowest BCUT2D eigenvalue weighted by Crippen LogP contribution is -2.58. The molecule has 0 saturated carbocycles. The normalized spacial score (nSPS) is 17.3. The van der Waals surface area contributed by atoms with Crippen LogP contribution in [0.15, 0.2) is 42.5 Å². The number of hydrogen-bond donors (Lipinski definition) is 5. The van der Waals surface area contributed by atoms with E-state index in [4.69, 9.17) is 0 Å². The molecule has 0 aromatic heterocycles. The molecule has 1 aliphatic heterocycles. The van der Waals surface area contributed by atoms with E-state index in [1.807, 2.05) is 32.0 Å². The minimum absolute atomic E-state index is 0.0469. The van der Waals surface area contributed by atoms with E-state index in [2.05, 4.69) is 34.3 Å². The fourth-order valence-electron chi connectivity index (χ4n) is 5.63. The Morgan fingerprint density at radius 3 is 2.28 bits per heavy atom. The minimum atomic E-state index is -1.47. The number of rotatable bonds is 19. The molecule has 5 N–H and O–H groups in total. The van der Waals surface area contributed by atoms with Crippen molar-refractivity contribution in [1.29, 1.82) is 0 Å². The van der Waals surface area contributed by atoms with Gasteiger partial charge in [0.05, 0.1) is 17.9 Å². The van der Waals surface area contributed by atoms with Gasteiger partial charge >= 0.3 is 0 Å². The van der Waals surface area contributed by atoms with Crippen molar-refractivity contribution in [2.75, 3.05) is 12.3 Å². The topological polar surface area (TPSA) is 137 Å². The highest BCUT2D eigenvalue weighted by atomic mass is 32.2. The van der Waals surface area contributed by atoms with Crippen molar-refractivity contribution < 1.29 is 32.5 Å². The Labute approximate surface area is 273 Å². The largest absolute Gasteiger partial charge is 0.390 e. The van der Waals surface area contributed by atoms with Gasteiger partial charge in [0.25, 0.3) is 0 Å². The molecule has 3 amide bonds. The molecule has 1 fully saturated rings. The number of aryl methyl sites for hydroxylation is 1. The number of aliphatic hydroxyl groups excluding tert-OH is 1. The molecule has 46 heavy (non-hydrogen) atoms. The van der Waals surface area contributed by atoms with Gasteiger partial charge in [-0.3, -0.25) is 18.6 Å². The van der Waals surface area contributed by atoms with Crippen molar-refractivity contribution in [2.45, 2.75) is 108 Å². The molecule has 3 rings (SSSR count). The van der Waals surface area contributed by atoms with E-state index in [0.29, 0.717) is 19.4 Å². The van der Waals surface area contributed by atoms with E-state index in [0.717, 1.165) is 43.0 Å². The third-order valence-corrected chi connectivity index (χ3v) is 10.00. The van der Waals surface area contributed by atoms with E-state index < -0.39 is 58.5 Å². The SMILES string of the molecule is CCCC(CCC)S(=O)CC(NC(=O)[C@H]1CCC(=O)N1)C(=O)N[C@@H](Cc1cc(F)cc(F)c1)[C@H](O)CNCc1cccc(CC)c1. The molecule has 2 unspecified atom stereocenters. The summed E-state index contributed by atoms with van der Waals surface area (Å²) in [4.78, 5) is 38.6. The van der Waals surface area contributed by atoms with Gasteiger partial charge in [0.2, 0.25) is 17.7 Å². The smallest absolute Gasteiger partial charge is 0.243 e. The number of halogens is 2. The van der Waals surface area contributed by atoms with Crippen molar-refractivity contribution in [3.8, 4) is 0 Å². The van der Waals surface area contributed by atoms with Gasteiger partial charge in [-0.25, -0.2) is 8.78 Å². The number of aliphatic hydroxyl groups is 1. The van der Waals surface area contributed by atoms with Crippen molar-refractivity contribution >= 4 is 28.5 Å². The molecule has 1 saturated heterocycles. The second-order valence-electron chi connectivity index (χ2n) is 11.9. The summed E-state index contributed by atoms with van der Waals surface area (Å²) in [6.07, 6.45) is 3.05. The average Bonchev–Trinajstić information content (AvgIpc) is 3.46. The van der Waals surface area contributed by atoms with Crippen LogP contribution in [0.3, 0.4) is 0 Å². The first-order chi connectivity index (χ1) is 22.0. The summed E-state index contributed by atoms with van der Waals surface area (Å²) >= 11 is 0. The lowest BCUT2D eigenvalue weighted by atomic mass is 10.00. The molecule has 2 aromatic carbocycles. The van der Waals surface area contributed by atoms with E-state index in [9.17, 15) is 32.5 Å². The second kappa shape index (κ2) is 18.8. The lowest BCUT2D eigenvalue weighted by molar-refractivity contribution is -0.130. The summed E-state index contributed by atoms with van der Waals surface area (Å²) in [6.45, 7) is 6.53. The maximum absolute atomic E-state index is 14.1. The maximum atomic E-state index is 14.1. The molecule has 0 radical (unpaired) electrons. The molecular formula is C34H48F2N4O5S. The van der Waals surface area contributed by atoms with Crippen LogP contribution in [0.25, 0.3) is 0 Å². The zero-order chi connectivity index (χ0) is 33.6. The zero-order valence-corrected chi connectivity index (χ0v) is 27.8. The van der Waals surface area contributed by atoms with Crippen molar-refractivity contribution in [3.05, 3.63) is 70.8 Å². The van der Waals surface area contributed by atoms with Crippen LogP contribution >= 0.6 is 0 Å². The first-order valence-electron chi connectivity index (χ1n) is 16.2. The Hall–Kier alpha value is -3.22. The number of amides is 3. The minimum Gasteiger partial charge on any atom is -0.390 e. The van der Waals surface area contributed by atoms with E-state index in [1.165, 1.54) is 5.56 Å². The van der Waals surface area contributed by atoms with Crippen LogP contribution in [0.5, 0.6) is 0 Å². The van der Waals surface area contributed by atoms with Crippen LogP contribution < -0.4 is 21.3 Å². The van der Waals surface area contributed by atoms with Crippen LogP contribution in [0.2, 0.25) is 0 Å². The van der Waals surface area contributed by atoms with Gasteiger partial charge in [0, 0.05) is 41.6 Å². The predicted octanol–water partition coefficient (Wildman–Crippen LogP) is 3.19. The summed E-state index contributed by atoms with van der Waals surface area (Å²) in [7, 11) is -1.47. The fourth-order valence-corrected chi connectivity index (χ4v) is 7.47. The van der Waals surface area contributed by atoms with Crippen LogP contribution in [-0.4, -0.2) is 68.8 Å². The second-order valence-corrected chi connectivity index (χ2v) is 13.7. The van der Waals surface area contributed by atoms with Gasteiger partial charge < -0.3 is 26.4 Å². The van der Waals surface area contributed by atoms with E-state index >= 15 is 0 Å². The Kier molecular flexibility index (Phi) is 15.2. The van der Waals surface area contributed by atoms with Crippen molar-refractivity contribution in [2.24, 2.45) is 0 Å². The summed E-state index contributed by atoms with van der Waals surface area (Å²) < 4.78 is 41.6. The highest BCUT2D eigenvalue weighted by Gasteiger charge is 2.34. The zero-order valence-electron chi connectivity index (χ0n) is 27.0. The maximum Gasteiger partial charge on any atom is 0.243 e. The summed E-state index contributed by atoms with van der Waals surface area (Å²) in [6, 6.07) is 7.94. The predicted molar refractivity (Wildman–Crippen MR) is 175 cm³/mol. The molecule has 254 valence electrons. The number of benzene rings is 2. The lowest BCUT2D eigenvalue weighted by Gasteiger charge is -2.28. The van der Waals surface area contributed by atoms with Gasteiger partial charge in [0.1, 0.15) is 23.7 Å². The van der Waals surface area contributed by atoms with Gasteiger partial charge in [-0.2, -0.15) is 0 Å². The van der Waals surface area contributed by atoms with Gasteiger partial charge in [-0.15, -0.1) is 0 Å².